The molecule has 0 saturated heterocycles. The molecule has 4 aromatic rings. The normalized spacial score (nSPS) is 11.9. The Hall–Kier alpha value is -2.88. The van der Waals surface area contributed by atoms with Crippen molar-refractivity contribution in [3.63, 3.8) is 0 Å². The van der Waals surface area contributed by atoms with E-state index in [-0.39, 0.29) is 0 Å². The predicted octanol–water partition coefficient (Wildman–Crippen LogP) is 3.81. The van der Waals surface area contributed by atoms with Gasteiger partial charge in [-0.25, -0.2) is 9.98 Å². The van der Waals surface area contributed by atoms with Gasteiger partial charge in [-0.2, -0.15) is 0 Å². The Labute approximate surface area is 121 Å². The number of hydrogen-bond donors (Lipinski definition) is 1. The van der Waals surface area contributed by atoms with Gasteiger partial charge >= 0.3 is 0 Å². The first-order chi connectivity index (χ1) is 10.3. The second-order valence-corrected chi connectivity index (χ2v) is 5.01. The van der Waals surface area contributed by atoms with Crippen molar-refractivity contribution in [2.75, 3.05) is 0 Å². The van der Waals surface area contributed by atoms with Gasteiger partial charge in [0.25, 0.3) is 0 Å². The first-order valence-corrected chi connectivity index (χ1v) is 6.84. The molecule has 0 radical (unpaired) electrons. The Balaban J connectivity index is 1.78. The molecule has 4 heteroatoms. The van der Waals surface area contributed by atoms with Gasteiger partial charge in [-0.1, -0.05) is 30.3 Å². The van der Waals surface area contributed by atoms with E-state index in [1.807, 2.05) is 60.4 Å². The minimum Gasteiger partial charge on any atom is -0.361 e. The van der Waals surface area contributed by atoms with Gasteiger partial charge in [0.05, 0.1) is 11.0 Å². The van der Waals surface area contributed by atoms with E-state index in [1.165, 1.54) is 5.39 Å². The third-order valence-electron chi connectivity index (χ3n) is 3.70. The number of fused-ring (bicyclic) bond motifs is 2. The Bertz CT molecular complexity index is 959. The summed E-state index contributed by atoms with van der Waals surface area (Å²) in [6.45, 7) is 0. The topological polar surface area (TPSA) is 46.0 Å². The van der Waals surface area contributed by atoms with Gasteiger partial charge < -0.3 is 9.55 Å². The summed E-state index contributed by atoms with van der Waals surface area (Å²) in [5.74, 6) is 0.710. The average Bonchev–Trinajstić information content (AvgIpc) is 3.07. The largest absolute Gasteiger partial charge is 0.361 e. The minimum absolute atomic E-state index is 0.710. The zero-order valence-corrected chi connectivity index (χ0v) is 11.6. The number of aromatic amines is 1. The number of rotatable bonds is 2. The molecule has 0 aliphatic rings. The molecule has 0 fully saturated rings. The number of nitrogens with one attached hydrogen (secondary N) is 1. The van der Waals surface area contributed by atoms with Gasteiger partial charge in [0, 0.05) is 35.9 Å². The van der Waals surface area contributed by atoms with Gasteiger partial charge in [-0.3, -0.25) is 0 Å². The van der Waals surface area contributed by atoms with Crippen LogP contribution in [-0.2, 0) is 7.05 Å². The molecule has 2 heterocycles. The molecule has 0 bridgehead atoms. The molecule has 4 nitrogen and oxygen atoms in total. The maximum atomic E-state index is 4.55. The fraction of sp³-hybridized carbons (Fsp3) is 0.0588. The lowest BCUT2D eigenvalue weighted by molar-refractivity contribution is 0.945. The van der Waals surface area contributed by atoms with Gasteiger partial charge in [-0.15, -0.1) is 0 Å². The van der Waals surface area contributed by atoms with E-state index in [0.717, 1.165) is 22.1 Å². The van der Waals surface area contributed by atoms with Gasteiger partial charge in [-0.05, 0) is 18.2 Å². The minimum atomic E-state index is 0.710. The quantitative estimate of drug-likeness (QED) is 0.555. The summed E-state index contributed by atoms with van der Waals surface area (Å²) in [5.41, 5.74) is 4.23. The number of H-pyrrole nitrogens is 1. The van der Waals surface area contributed by atoms with Crippen LogP contribution in [0.3, 0.4) is 0 Å². The van der Waals surface area contributed by atoms with Crippen LogP contribution in [0.25, 0.3) is 21.9 Å². The number of aliphatic imine (C=N–C) groups is 1. The third kappa shape index (κ3) is 1.92. The second-order valence-electron chi connectivity index (χ2n) is 5.01. The lowest BCUT2D eigenvalue weighted by Gasteiger charge is -1.95. The molecule has 0 amide bonds. The summed E-state index contributed by atoms with van der Waals surface area (Å²) in [6.07, 6.45) is 3.83. The molecular formula is C17H14N4. The average molecular weight is 274 g/mol. The van der Waals surface area contributed by atoms with Crippen molar-refractivity contribution in [3.8, 4) is 0 Å². The van der Waals surface area contributed by atoms with Crippen LogP contribution in [0.2, 0.25) is 0 Å². The SMILES string of the molecule is Cn1c(N=Cc2c[nH]c3ccccc23)nc2ccccc21. The number of para-hydroxylation sites is 3. The highest BCUT2D eigenvalue weighted by molar-refractivity contribution is 5.99. The Morgan fingerprint density at radius 2 is 1.90 bits per heavy atom. The van der Waals surface area contributed by atoms with E-state index < -0.39 is 0 Å². The summed E-state index contributed by atoms with van der Waals surface area (Å²) >= 11 is 0. The molecular weight excluding hydrogens is 260 g/mol. The van der Waals surface area contributed by atoms with E-state index in [4.69, 9.17) is 0 Å². The molecule has 0 aliphatic carbocycles. The van der Waals surface area contributed by atoms with Crippen LogP contribution in [0, 0.1) is 0 Å². The molecule has 1 N–H and O–H groups in total. The molecule has 0 unspecified atom stereocenters. The van der Waals surface area contributed by atoms with Gasteiger partial charge in [0.2, 0.25) is 5.95 Å². The van der Waals surface area contributed by atoms with Gasteiger partial charge in [0.1, 0.15) is 0 Å². The van der Waals surface area contributed by atoms with Crippen molar-refractivity contribution >= 4 is 34.1 Å². The Morgan fingerprint density at radius 3 is 2.81 bits per heavy atom. The van der Waals surface area contributed by atoms with Crippen LogP contribution in [-0.4, -0.2) is 20.7 Å². The molecule has 0 aliphatic heterocycles. The lowest BCUT2D eigenvalue weighted by Crippen LogP contribution is -1.87. The van der Waals surface area contributed by atoms with Gasteiger partial charge in [0.15, 0.2) is 0 Å². The molecule has 0 atom stereocenters. The van der Waals surface area contributed by atoms with Crippen LogP contribution in [0.15, 0.2) is 59.7 Å². The van der Waals surface area contributed by atoms with Crippen LogP contribution in [0.4, 0.5) is 5.95 Å². The number of imidazole rings is 1. The van der Waals surface area contributed by atoms with Crippen molar-refractivity contribution in [2.24, 2.45) is 12.0 Å². The van der Waals surface area contributed by atoms with Crippen molar-refractivity contribution in [1.82, 2.24) is 14.5 Å². The Kier molecular flexibility index (Phi) is 2.60. The number of benzene rings is 2. The molecule has 2 aromatic carbocycles. The van der Waals surface area contributed by atoms with Crippen molar-refractivity contribution in [2.45, 2.75) is 0 Å². The summed E-state index contributed by atoms with van der Waals surface area (Å²) in [4.78, 5) is 12.3. The van der Waals surface area contributed by atoms with E-state index in [9.17, 15) is 0 Å². The van der Waals surface area contributed by atoms with Crippen molar-refractivity contribution in [3.05, 3.63) is 60.3 Å². The first-order valence-electron chi connectivity index (χ1n) is 6.84. The van der Waals surface area contributed by atoms with E-state index in [0.29, 0.717) is 5.95 Å². The molecule has 4 rings (SSSR count). The highest BCUT2D eigenvalue weighted by atomic mass is 15.2. The fourth-order valence-corrected chi connectivity index (χ4v) is 2.58. The molecule has 0 spiro atoms. The highest BCUT2D eigenvalue weighted by Crippen LogP contribution is 2.21. The van der Waals surface area contributed by atoms with E-state index in [2.05, 4.69) is 27.1 Å². The summed E-state index contributed by atoms with van der Waals surface area (Å²) in [6, 6.07) is 16.2. The number of nitrogens with zero attached hydrogens (tertiary/aromatic N) is 3. The third-order valence-corrected chi connectivity index (χ3v) is 3.70. The van der Waals surface area contributed by atoms with Crippen molar-refractivity contribution in [1.29, 1.82) is 0 Å². The fourth-order valence-electron chi connectivity index (χ4n) is 2.58. The van der Waals surface area contributed by atoms with Crippen LogP contribution < -0.4 is 0 Å². The summed E-state index contributed by atoms with van der Waals surface area (Å²) < 4.78 is 2.00. The Morgan fingerprint density at radius 1 is 1.10 bits per heavy atom. The number of aromatic nitrogens is 3. The number of hydrogen-bond acceptors (Lipinski definition) is 2. The van der Waals surface area contributed by atoms with Crippen LogP contribution >= 0.6 is 0 Å². The first kappa shape index (κ1) is 11.9. The molecule has 0 saturated carbocycles. The molecule has 21 heavy (non-hydrogen) atoms. The highest BCUT2D eigenvalue weighted by Gasteiger charge is 2.05. The summed E-state index contributed by atoms with van der Waals surface area (Å²) in [5, 5.41) is 1.17. The predicted molar refractivity (Wildman–Crippen MR) is 86.3 cm³/mol. The van der Waals surface area contributed by atoms with Crippen LogP contribution in [0.5, 0.6) is 0 Å². The molecule has 102 valence electrons. The van der Waals surface area contributed by atoms with E-state index >= 15 is 0 Å². The van der Waals surface area contributed by atoms with Crippen molar-refractivity contribution < 1.29 is 0 Å². The standard InChI is InChI=1S/C17H14N4/c1-21-16-9-5-4-8-15(16)20-17(21)19-11-12-10-18-14-7-3-2-6-13(12)14/h2-11,18H,1H3. The second kappa shape index (κ2) is 4.59. The molecule has 2 aromatic heterocycles. The monoisotopic (exact) mass is 274 g/mol. The summed E-state index contributed by atoms with van der Waals surface area (Å²) in [7, 11) is 1.98. The smallest absolute Gasteiger partial charge is 0.230 e. The maximum Gasteiger partial charge on any atom is 0.230 e. The zero-order chi connectivity index (χ0) is 14.2. The maximum absolute atomic E-state index is 4.55. The lowest BCUT2D eigenvalue weighted by atomic mass is 10.2. The van der Waals surface area contributed by atoms with E-state index in [1.54, 1.807) is 0 Å². The zero-order valence-electron chi connectivity index (χ0n) is 11.6. The number of aryl methyl sites for hydroxylation is 1. The van der Waals surface area contributed by atoms with Crippen LogP contribution in [0.1, 0.15) is 5.56 Å².